The van der Waals surface area contributed by atoms with E-state index in [1.807, 2.05) is 38.1 Å². The van der Waals surface area contributed by atoms with Crippen LogP contribution in [-0.4, -0.2) is 34.3 Å². The minimum Gasteiger partial charge on any atom is -0.497 e. The number of aryl methyl sites for hydroxylation is 1. The third-order valence-electron chi connectivity index (χ3n) is 4.97. The number of hydrogen-bond donors (Lipinski definition) is 2. The molecule has 2 N–H and O–H groups in total. The zero-order valence-electron chi connectivity index (χ0n) is 18.4. The molecule has 0 bridgehead atoms. The molecule has 0 aliphatic rings. The second-order valence-electron chi connectivity index (χ2n) is 7.47. The second kappa shape index (κ2) is 9.83. The third kappa shape index (κ3) is 5.98. The second-order valence-corrected chi connectivity index (χ2v) is 9.45. The normalized spacial score (nSPS) is 12.1. The van der Waals surface area contributed by atoms with Gasteiger partial charge in [-0.15, -0.1) is 0 Å². The fourth-order valence-corrected chi connectivity index (χ4v) is 4.39. The number of rotatable bonds is 7. The van der Waals surface area contributed by atoms with Gasteiger partial charge in [0.1, 0.15) is 5.75 Å². The van der Waals surface area contributed by atoms with Crippen molar-refractivity contribution in [2.45, 2.75) is 31.8 Å². The van der Waals surface area contributed by atoms with Crippen LogP contribution in [0.3, 0.4) is 0 Å². The molecule has 164 valence electrons. The van der Waals surface area contributed by atoms with Crippen molar-refractivity contribution < 1.29 is 13.2 Å². The highest BCUT2D eigenvalue weighted by molar-refractivity contribution is 7.90. The Bertz CT molecular complexity index is 1200. The van der Waals surface area contributed by atoms with Gasteiger partial charge >= 0.3 is 0 Å². The van der Waals surface area contributed by atoms with Crippen molar-refractivity contribution in [3.8, 4) is 5.75 Å². The van der Waals surface area contributed by atoms with Gasteiger partial charge in [-0.2, -0.15) is 0 Å². The van der Waals surface area contributed by atoms with E-state index in [9.17, 15) is 8.42 Å². The minimum absolute atomic E-state index is 0.360. The Kier molecular flexibility index (Phi) is 7.17. The summed E-state index contributed by atoms with van der Waals surface area (Å²) in [6.45, 7) is 5.67. The van der Waals surface area contributed by atoms with Gasteiger partial charge in [0.25, 0.3) is 0 Å². The Morgan fingerprint density at radius 1 is 0.968 bits per heavy atom. The van der Waals surface area contributed by atoms with Crippen LogP contribution in [0.5, 0.6) is 5.75 Å². The molecule has 6 nitrogen and oxygen atoms in total. The SMILES string of the molecule is CCNC(=NCc1ccc(S(C)(=O)=O)c(C)c1)NCc1ccc2cc(OC)ccc2c1. The van der Waals surface area contributed by atoms with Crippen LogP contribution < -0.4 is 15.4 Å². The molecule has 0 heterocycles. The van der Waals surface area contributed by atoms with E-state index in [1.54, 1.807) is 13.2 Å². The van der Waals surface area contributed by atoms with Crippen LogP contribution in [0, 0.1) is 6.92 Å². The van der Waals surface area contributed by atoms with Gasteiger partial charge in [0.05, 0.1) is 18.6 Å². The number of nitrogens with one attached hydrogen (secondary N) is 2. The zero-order chi connectivity index (χ0) is 22.4. The first-order chi connectivity index (χ1) is 14.8. The molecule has 3 aromatic carbocycles. The average molecular weight is 440 g/mol. The highest BCUT2D eigenvalue weighted by Gasteiger charge is 2.10. The lowest BCUT2D eigenvalue weighted by Crippen LogP contribution is -2.36. The van der Waals surface area contributed by atoms with Crippen LogP contribution in [0.2, 0.25) is 0 Å². The molecule has 0 aromatic heterocycles. The molecule has 0 amide bonds. The topological polar surface area (TPSA) is 79.8 Å². The number of guanidine groups is 1. The maximum absolute atomic E-state index is 11.8. The molecule has 0 saturated carbocycles. The number of hydrogen-bond acceptors (Lipinski definition) is 4. The van der Waals surface area contributed by atoms with Crippen LogP contribution in [-0.2, 0) is 22.9 Å². The number of methoxy groups -OCH3 is 1. The lowest BCUT2D eigenvalue weighted by molar-refractivity contribution is 0.415. The van der Waals surface area contributed by atoms with E-state index in [-0.39, 0.29) is 0 Å². The molecule has 0 spiro atoms. The molecule has 0 aliphatic carbocycles. The Labute approximate surface area is 184 Å². The van der Waals surface area contributed by atoms with Gasteiger partial charge in [0.15, 0.2) is 15.8 Å². The summed E-state index contributed by atoms with van der Waals surface area (Å²) >= 11 is 0. The lowest BCUT2D eigenvalue weighted by atomic mass is 10.1. The molecule has 0 saturated heterocycles. The highest BCUT2D eigenvalue weighted by Crippen LogP contribution is 2.22. The van der Waals surface area contributed by atoms with E-state index in [2.05, 4.69) is 39.9 Å². The first kappa shape index (κ1) is 22.6. The van der Waals surface area contributed by atoms with Crippen molar-refractivity contribution in [1.82, 2.24) is 10.6 Å². The predicted octanol–water partition coefficient (Wildman–Crippen LogP) is 3.82. The molecule has 0 radical (unpaired) electrons. The van der Waals surface area contributed by atoms with Gasteiger partial charge in [-0.3, -0.25) is 0 Å². The van der Waals surface area contributed by atoms with Crippen LogP contribution in [0.15, 0.2) is 64.5 Å². The van der Waals surface area contributed by atoms with Crippen LogP contribution in [0.25, 0.3) is 10.8 Å². The molecule has 0 atom stereocenters. The first-order valence-corrected chi connectivity index (χ1v) is 12.1. The van der Waals surface area contributed by atoms with Gasteiger partial charge in [-0.05, 0) is 65.6 Å². The van der Waals surface area contributed by atoms with Gasteiger partial charge < -0.3 is 15.4 Å². The van der Waals surface area contributed by atoms with Crippen molar-refractivity contribution in [2.75, 3.05) is 19.9 Å². The summed E-state index contributed by atoms with van der Waals surface area (Å²) in [6.07, 6.45) is 1.23. The van der Waals surface area contributed by atoms with E-state index in [1.165, 1.54) is 6.26 Å². The van der Waals surface area contributed by atoms with E-state index < -0.39 is 9.84 Å². The minimum atomic E-state index is -3.22. The summed E-state index contributed by atoms with van der Waals surface area (Å²) in [5.74, 6) is 1.56. The van der Waals surface area contributed by atoms with Crippen molar-refractivity contribution in [2.24, 2.45) is 4.99 Å². The van der Waals surface area contributed by atoms with Crippen LogP contribution in [0.1, 0.15) is 23.6 Å². The standard InChI is InChI=1S/C24H29N3O3S/c1-5-25-24(26-15-18-7-11-23(17(2)12-18)31(4,28)29)27-16-19-6-8-21-14-22(30-3)10-9-20(21)13-19/h6-14H,5,15-16H2,1-4H3,(H2,25,26,27). The van der Waals surface area contributed by atoms with Gasteiger partial charge in [0, 0.05) is 19.3 Å². The number of fused-ring (bicyclic) bond motifs is 1. The predicted molar refractivity (Wildman–Crippen MR) is 126 cm³/mol. The molecule has 0 unspecified atom stereocenters. The lowest BCUT2D eigenvalue weighted by Gasteiger charge is -2.12. The molecule has 31 heavy (non-hydrogen) atoms. The summed E-state index contributed by atoms with van der Waals surface area (Å²) in [6, 6.07) is 17.7. The summed E-state index contributed by atoms with van der Waals surface area (Å²) in [5.41, 5.74) is 2.85. The highest BCUT2D eigenvalue weighted by atomic mass is 32.2. The monoisotopic (exact) mass is 439 g/mol. The van der Waals surface area contributed by atoms with Gasteiger partial charge in [-0.25, -0.2) is 13.4 Å². The fraction of sp³-hybridized carbons (Fsp3) is 0.292. The van der Waals surface area contributed by atoms with Crippen molar-refractivity contribution >= 4 is 26.6 Å². The van der Waals surface area contributed by atoms with Crippen LogP contribution in [0.4, 0.5) is 0 Å². The fourth-order valence-electron chi connectivity index (χ4n) is 3.43. The first-order valence-electron chi connectivity index (χ1n) is 10.2. The Balaban J connectivity index is 1.70. The van der Waals surface area contributed by atoms with E-state index >= 15 is 0 Å². The Hall–Kier alpha value is -3.06. The van der Waals surface area contributed by atoms with Gasteiger partial charge in [-0.1, -0.05) is 30.3 Å². The van der Waals surface area contributed by atoms with Gasteiger partial charge in [0.2, 0.25) is 0 Å². The van der Waals surface area contributed by atoms with Crippen molar-refractivity contribution in [1.29, 1.82) is 0 Å². The zero-order valence-corrected chi connectivity index (χ0v) is 19.2. The summed E-state index contributed by atoms with van der Waals surface area (Å²) in [7, 11) is -1.55. The van der Waals surface area contributed by atoms with Crippen LogP contribution >= 0.6 is 0 Å². The summed E-state index contributed by atoms with van der Waals surface area (Å²) in [5, 5.41) is 8.91. The maximum Gasteiger partial charge on any atom is 0.191 e. The average Bonchev–Trinajstić information content (AvgIpc) is 2.74. The molecule has 3 rings (SSSR count). The number of aliphatic imine (C=N–C) groups is 1. The number of sulfone groups is 1. The number of ether oxygens (including phenoxy) is 1. The molecule has 3 aromatic rings. The summed E-state index contributed by atoms with van der Waals surface area (Å²) < 4.78 is 28.9. The smallest absolute Gasteiger partial charge is 0.191 e. The van der Waals surface area contributed by atoms with Crippen molar-refractivity contribution in [3.63, 3.8) is 0 Å². The molecular formula is C24H29N3O3S. The molecule has 7 heteroatoms. The van der Waals surface area contributed by atoms with E-state index in [0.29, 0.717) is 23.9 Å². The van der Waals surface area contributed by atoms with E-state index in [4.69, 9.17) is 4.74 Å². The number of benzene rings is 3. The molecule has 0 fully saturated rings. The number of nitrogens with zero attached hydrogens (tertiary/aromatic N) is 1. The third-order valence-corrected chi connectivity index (χ3v) is 6.23. The Morgan fingerprint density at radius 2 is 1.68 bits per heavy atom. The molecule has 0 aliphatic heterocycles. The largest absolute Gasteiger partial charge is 0.497 e. The van der Waals surface area contributed by atoms with Crippen molar-refractivity contribution in [3.05, 3.63) is 71.3 Å². The summed E-state index contributed by atoms with van der Waals surface area (Å²) in [4.78, 5) is 5.01. The quantitative estimate of drug-likeness (QED) is 0.432. The Morgan fingerprint density at radius 3 is 2.35 bits per heavy atom. The molecular weight excluding hydrogens is 410 g/mol. The maximum atomic E-state index is 11.8. The van der Waals surface area contributed by atoms with E-state index in [0.717, 1.165) is 39.8 Å².